The van der Waals surface area contributed by atoms with E-state index in [1.54, 1.807) is 9.80 Å². The van der Waals surface area contributed by atoms with Gasteiger partial charge in [-0.15, -0.1) is 0 Å². The number of carbonyl (C=O) groups is 2. The lowest BCUT2D eigenvalue weighted by atomic mass is 9.71. The molecule has 5 heterocycles. The molecule has 0 bridgehead atoms. The molecule has 0 radical (unpaired) electrons. The van der Waals surface area contributed by atoms with Gasteiger partial charge in [0.2, 0.25) is 5.91 Å². The maximum Gasteiger partial charge on any atom is 0.327 e. The summed E-state index contributed by atoms with van der Waals surface area (Å²) in [5.41, 5.74) is 8.70. The number of aliphatic hydroxyl groups is 1. The summed E-state index contributed by atoms with van der Waals surface area (Å²) in [5.74, 6) is 2.00. The summed E-state index contributed by atoms with van der Waals surface area (Å²) in [6.45, 7) is 18.3. The van der Waals surface area contributed by atoms with Gasteiger partial charge >= 0.3 is 6.03 Å². The van der Waals surface area contributed by atoms with E-state index in [4.69, 9.17) is 43.0 Å². The quantitative estimate of drug-likeness (QED) is 0.0680. The first-order chi connectivity index (χ1) is 40.0. The second-order valence-electron chi connectivity index (χ2n) is 24.0. The van der Waals surface area contributed by atoms with Crippen LogP contribution in [0.5, 0.6) is 5.75 Å². The summed E-state index contributed by atoms with van der Waals surface area (Å²) in [7, 11) is 0. The summed E-state index contributed by atoms with van der Waals surface area (Å²) >= 11 is 13.0. The van der Waals surface area contributed by atoms with Crippen molar-refractivity contribution in [2.45, 2.75) is 122 Å². The third kappa shape index (κ3) is 13.0. The fourth-order valence-electron chi connectivity index (χ4n) is 12.3. The Bertz CT molecular complexity index is 3410. The maximum absolute atomic E-state index is 15.3. The number of aromatic nitrogens is 3. The molecule has 0 spiro atoms. The molecule has 13 nitrogen and oxygen atoms in total. The normalized spacial score (nSPS) is 18.7. The van der Waals surface area contributed by atoms with E-state index in [0.717, 1.165) is 115 Å². The Morgan fingerprint density at radius 1 is 0.735 bits per heavy atom. The number of nitrogens with zero attached hydrogens (tertiary/aromatic N) is 8. The Kier molecular flexibility index (Phi) is 18.6. The van der Waals surface area contributed by atoms with E-state index < -0.39 is 11.1 Å². The molecule has 10 rings (SSSR count). The lowest BCUT2D eigenvalue weighted by Crippen LogP contribution is -2.61. The molecule has 0 saturated carbocycles. The van der Waals surface area contributed by atoms with Crippen LogP contribution in [0.15, 0.2) is 132 Å². The number of unbranched alkanes of at least 4 members (excludes halogenated alkanes) is 8. The van der Waals surface area contributed by atoms with E-state index in [9.17, 15) is 9.90 Å². The van der Waals surface area contributed by atoms with Crippen LogP contribution in [0.25, 0.3) is 28.0 Å². The van der Waals surface area contributed by atoms with Crippen LogP contribution in [-0.4, -0.2) is 118 Å². The lowest BCUT2D eigenvalue weighted by Gasteiger charge is -2.47. The second kappa shape index (κ2) is 26.0. The van der Waals surface area contributed by atoms with Crippen LogP contribution in [0.4, 0.5) is 10.6 Å². The standard InChI is InChI=1S/C68H81Cl2N9O4/c1-48-62(64-72-58(50-22-16-14-17-23-50)46-61(79(64)74-48)76-39-37-75(38-40-76)41-42-80)51-24-19-21-49(44-51)20-15-12-10-8-7-9-11-13-18-43-83-59-45-54(66(2,3)4)29-34-57(59)63-73-67(5,52-25-30-55(69)31-26-52)68(6,53-27-32-56(70)33-28-53)78(63)65(82)77-36-35-71-60(81)47-77/h14,16-17,19,21-34,44-46,80H,7-13,15,18,20,35-43,47H2,1-6H3,(H,71,81)/t67-,68+/m0/s1. The van der Waals surface area contributed by atoms with Gasteiger partial charge in [0.15, 0.2) is 5.65 Å². The minimum absolute atomic E-state index is 0.0605. The zero-order valence-electron chi connectivity index (χ0n) is 49.3. The highest BCUT2D eigenvalue weighted by atomic mass is 35.5. The van der Waals surface area contributed by atoms with Crippen molar-refractivity contribution in [1.82, 2.24) is 34.6 Å². The minimum Gasteiger partial charge on any atom is -0.493 e. The van der Waals surface area contributed by atoms with E-state index >= 15 is 4.79 Å². The van der Waals surface area contributed by atoms with Gasteiger partial charge in [-0.2, -0.15) is 9.61 Å². The Hall–Kier alpha value is -6.77. The van der Waals surface area contributed by atoms with Crippen molar-refractivity contribution in [2.75, 3.05) is 70.5 Å². The number of aliphatic imine (C=N–C) groups is 1. The first-order valence-corrected chi connectivity index (χ1v) is 30.7. The molecule has 7 aromatic rings. The van der Waals surface area contributed by atoms with Crippen molar-refractivity contribution in [3.63, 3.8) is 0 Å². The van der Waals surface area contributed by atoms with Gasteiger partial charge in [0.25, 0.3) is 0 Å². The number of halogens is 2. The maximum atomic E-state index is 15.3. The van der Waals surface area contributed by atoms with E-state index in [0.29, 0.717) is 53.4 Å². The predicted octanol–water partition coefficient (Wildman–Crippen LogP) is 13.7. The predicted molar refractivity (Wildman–Crippen MR) is 336 cm³/mol. The molecule has 2 N–H and O–H groups in total. The monoisotopic (exact) mass is 1160 g/mol. The largest absolute Gasteiger partial charge is 0.493 e. The van der Waals surface area contributed by atoms with Crippen LogP contribution < -0.4 is 15.0 Å². The molecule has 15 heteroatoms. The van der Waals surface area contributed by atoms with Crippen LogP contribution in [0.1, 0.15) is 126 Å². The molecular weight excluding hydrogens is 1080 g/mol. The van der Waals surface area contributed by atoms with Gasteiger partial charge in [-0.3, -0.25) is 19.6 Å². The number of fused-ring (bicyclic) bond motifs is 1. The molecule has 83 heavy (non-hydrogen) atoms. The van der Waals surface area contributed by atoms with Crippen molar-refractivity contribution in [1.29, 1.82) is 0 Å². The highest BCUT2D eigenvalue weighted by Crippen LogP contribution is 2.54. The van der Waals surface area contributed by atoms with Crippen LogP contribution >= 0.6 is 23.2 Å². The van der Waals surface area contributed by atoms with Crippen molar-refractivity contribution < 1.29 is 19.4 Å². The zero-order chi connectivity index (χ0) is 58.3. The zero-order valence-corrected chi connectivity index (χ0v) is 50.8. The topological polar surface area (TPSA) is 131 Å². The SMILES string of the molecule is Cc1nn2c(N3CCN(CCO)CC3)cc(-c3ccccc3)nc2c1-c1cccc(CCCCCCCCCCCOc2cc(C(C)(C)C)ccc2C2=N[C@@](C)(c3ccc(Cl)cc3)[C@@](C)(c3ccc(Cl)cc3)N2C(=O)N2CCNC(=O)C2)c1. The number of amidine groups is 1. The van der Waals surface area contributed by atoms with Gasteiger partial charge in [0, 0.05) is 73.1 Å². The average Bonchev–Trinajstić information content (AvgIpc) is 1.85. The number of rotatable bonds is 21. The lowest BCUT2D eigenvalue weighted by molar-refractivity contribution is -0.123. The Morgan fingerprint density at radius 3 is 2.05 bits per heavy atom. The number of hydrogen-bond donors (Lipinski definition) is 2. The van der Waals surface area contributed by atoms with Crippen molar-refractivity contribution in [3.8, 4) is 28.1 Å². The van der Waals surface area contributed by atoms with Crippen molar-refractivity contribution >= 4 is 52.4 Å². The van der Waals surface area contributed by atoms with Gasteiger partial charge < -0.3 is 25.0 Å². The number of hydrogen-bond acceptors (Lipinski definition) is 9. The average molecular weight is 1160 g/mol. The smallest absolute Gasteiger partial charge is 0.327 e. The number of amides is 3. The second-order valence-corrected chi connectivity index (χ2v) is 24.9. The summed E-state index contributed by atoms with van der Waals surface area (Å²) in [6, 6.07) is 42.9. The molecule has 3 amide bonds. The fourth-order valence-corrected chi connectivity index (χ4v) is 12.6. The van der Waals surface area contributed by atoms with E-state index in [1.165, 1.54) is 37.7 Å². The van der Waals surface area contributed by atoms with Crippen molar-refractivity contribution in [2.24, 2.45) is 4.99 Å². The molecule has 3 aliphatic rings. The minimum atomic E-state index is -1.09. The Labute approximate surface area is 500 Å². The number of aryl methyl sites for hydroxylation is 2. The highest BCUT2D eigenvalue weighted by Gasteiger charge is 2.60. The molecule has 2 fully saturated rings. The number of benzene rings is 5. The first-order valence-electron chi connectivity index (χ1n) is 29.9. The van der Waals surface area contributed by atoms with Gasteiger partial charge in [-0.05, 0) is 110 Å². The van der Waals surface area contributed by atoms with Gasteiger partial charge in [0.05, 0.1) is 30.2 Å². The number of urea groups is 1. The van der Waals surface area contributed by atoms with Gasteiger partial charge in [-0.25, -0.2) is 9.78 Å². The number of nitrogens with one attached hydrogen (secondary N) is 1. The molecule has 0 unspecified atom stereocenters. The third-order valence-corrected chi connectivity index (χ3v) is 17.9. The molecule has 0 aliphatic carbocycles. The van der Waals surface area contributed by atoms with Crippen molar-refractivity contribution in [3.05, 3.63) is 171 Å². The third-order valence-electron chi connectivity index (χ3n) is 17.3. The van der Waals surface area contributed by atoms with E-state index in [1.807, 2.05) is 59.1 Å². The van der Waals surface area contributed by atoms with E-state index in [2.05, 4.69) is 129 Å². The highest BCUT2D eigenvalue weighted by molar-refractivity contribution is 6.30. The number of β-amino-alcohol motifs (C(OH)–C–C–N with tert-alkyl or cyclic N) is 1. The van der Waals surface area contributed by atoms with Crippen LogP contribution in [0, 0.1) is 6.92 Å². The molecule has 2 atom stereocenters. The summed E-state index contributed by atoms with van der Waals surface area (Å²) in [4.78, 5) is 47.2. The van der Waals surface area contributed by atoms with Crippen LogP contribution in [0.3, 0.4) is 0 Å². The molecular formula is C68H81Cl2N9O4. The van der Waals surface area contributed by atoms with Crippen LogP contribution in [-0.2, 0) is 27.7 Å². The van der Waals surface area contributed by atoms with E-state index in [-0.39, 0.29) is 30.5 Å². The fraction of sp³-hybridized carbons (Fsp3) is 0.426. The molecule has 3 aliphatic heterocycles. The number of anilines is 1. The Balaban J connectivity index is 0.761. The first kappa shape index (κ1) is 59.4. The summed E-state index contributed by atoms with van der Waals surface area (Å²) < 4.78 is 8.88. The number of carbonyl (C=O) groups excluding carboxylic acids is 2. The summed E-state index contributed by atoms with van der Waals surface area (Å²) in [5, 5.41) is 18.7. The number of ether oxygens (including phenoxy) is 1. The molecule has 5 aromatic carbocycles. The van der Waals surface area contributed by atoms with Crippen LogP contribution in [0.2, 0.25) is 10.0 Å². The van der Waals surface area contributed by atoms with Gasteiger partial charge in [-0.1, -0.05) is 174 Å². The number of aliphatic hydroxyl groups excluding tert-OH is 1. The molecule has 2 aromatic heterocycles. The summed E-state index contributed by atoms with van der Waals surface area (Å²) in [6.07, 6.45) is 11.3. The molecule has 436 valence electrons. The Morgan fingerprint density at radius 2 is 1.39 bits per heavy atom. The molecule has 2 saturated heterocycles. The number of piperazine rings is 2. The van der Waals surface area contributed by atoms with Gasteiger partial charge in [0.1, 0.15) is 35.0 Å².